The number of rotatable bonds is 5. The number of aliphatic hydroxyl groups is 1. The molecule has 0 saturated carbocycles. The highest BCUT2D eigenvalue weighted by molar-refractivity contribution is 6.29. The number of aliphatic hydroxyl groups excluding tert-OH is 1. The lowest BCUT2D eigenvalue weighted by atomic mass is 10.1. The molecule has 0 aliphatic carbocycles. The van der Waals surface area contributed by atoms with Gasteiger partial charge in [-0.25, -0.2) is 4.98 Å². The average Bonchev–Trinajstić information content (AvgIpc) is 2.52. The monoisotopic (exact) mass is 304 g/mol. The van der Waals surface area contributed by atoms with Gasteiger partial charge in [-0.1, -0.05) is 48.9 Å². The number of nitrogens with one attached hydrogen (secondary N) is 1. The number of benzene rings is 1. The van der Waals surface area contributed by atoms with Crippen LogP contribution >= 0.6 is 11.6 Å². The molecule has 0 radical (unpaired) electrons. The van der Waals surface area contributed by atoms with Gasteiger partial charge in [0.05, 0.1) is 12.6 Å². The van der Waals surface area contributed by atoms with Crippen molar-refractivity contribution in [1.29, 1.82) is 0 Å². The van der Waals surface area contributed by atoms with Crippen molar-refractivity contribution in [3.63, 3.8) is 0 Å². The number of nitrogens with zero attached hydrogens (tertiary/aromatic N) is 1. The Morgan fingerprint density at radius 1 is 1.33 bits per heavy atom. The van der Waals surface area contributed by atoms with Gasteiger partial charge in [-0.15, -0.1) is 0 Å². The van der Waals surface area contributed by atoms with Crippen LogP contribution in [-0.4, -0.2) is 22.6 Å². The number of hydrogen-bond acceptors (Lipinski definition) is 3. The summed E-state index contributed by atoms with van der Waals surface area (Å²) >= 11 is 5.92. The van der Waals surface area contributed by atoms with Crippen LogP contribution in [0.15, 0.2) is 42.5 Å². The first-order valence-electron chi connectivity index (χ1n) is 6.77. The summed E-state index contributed by atoms with van der Waals surface area (Å²) in [6.07, 6.45) is 0.697. The molecule has 1 heterocycles. The number of pyridine rings is 1. The predicted octanol–water partition coefficient (Wildman–Crippen LogP) is 2.76. The van der Waals surface area contributed by atoms with Crippen molar-refractivity contribution in [3.8, 4) is 0 Å². The number of aryl methyl sites for hydroxylation is 1. The number of amides is 1. The highest BCUT2D eigenvalue weighted by atomic mass is 35.5. The standard InChI is InChI=1S/C16H17ClN2O2/c1-2-13-8-12(9-15(17)18-13)16(21)19-14(10-20)11-6-4-3-5-7-11/h3-9,14,20H,2,10H2,1H3,(H,19,21). The van der Waals surface area contributed by atoms with E-state index in [2.05, 4.69) is 10.3 Å². The molecule has 1 aromatic heterocycles. The van der Waals surface area contributed by atoms with Crippen LogP contribution in [0, 0.1) is 0 Å². The van der Waals surface area contributed by atoms with E-state index < -0.39 is 6.04 Å². The molecule has 0 aliphatic heterocycles. The molecule has 0 fully saturated rings. The van der Waals surface area contributed by atoms with Crippen molar-refractivity contribution in [2.75, 3.05) is 6.61 Å². The lowest BCUT2D eigenvalue weighted by molar-refractivity contribution is 0.0916. The van der Waals surface area contributed by atoms with Crippen LogP contribution in [-0.2, 0) is 6.42 Å². The summed E-state index contributed by atoms with van der Waals surface area (Å²) < 4.78 is 0. The van der Waals surface area contributed by atoms with Gasteiger partial charge in [0.1, 0.15) is 5.15 Å². The fourth-order valence-electron chi connectivity index (χ4n) is 2.02. The van der Waals surface area contributed by atoms with Crippen molar-refractivity contribution >= 4 is 17.5 Å². The molecule has 110 valence electrons. The van der Waals surface area contributed by atoms with Crippen LogP contribution in [0.3, 0.4) is 0 Å². The SMILES string of the molecule is CCc1cc(C(=O)NC(CO)c2ccccc2)cc(Cl)n1. The molecule has 0 saturated heterocycles. The summed E-state index contributed by atoms with van der Waals surface area (Å²) in [4.78, 5) is 16.4. The molecule has 5 heteroatoms. The summed E-state index contributed by atoms with van der Waals surface area (Å²) in [6.45, 7) is 1.77. The minimum absolute atomic E-state index is 0.171. The van der Waals surface area contributed by atoms with E-state index in [-0.39, 0.29) is 12.5 Å². The predicted molar refractivity (Wildman–Crippen MR) is 82.4 cm³/mol. The number of hydrogen-bond donors (Lipinski definition) is 2. The molecule has 1 amide bonds. The molecule has 1 unspecified atom stereocenters. The second kappa shape index (κ2) is 7.20. The molecule has 2 rings (SSSR count). The zero-order chi connectivity index (χ0) is 15.2. The minimum Gasteiger partial charge on any atom is -0.394 e. The maximum Gasteiger partial charge on any atom is 0.252 e. The number of carbonyl (C=O) groups excluding carboxylic acids is 1. The topological polar surface area (TPSA) is 62.2 Å². The summed E-state index contributed by atoms with van der Waals surface area (Å²) in [5.41, 5.74) is 2.05. The number of aromatic nitrogens is 1. The average molecular weight is 305 g/mol. The van der Waals surface area contributed by atoms with Gasteiger partial charge in [0, 0.05) is 11.3 Å². The second-order valence-corrected chi connectivity index (χ2v) is 5.03. The minimum atomic E-state index is -0.448. The van der Waals surface area contributed by atoms with Gasteiger partial charge in [0.2, 0.25) is 0 Å². The summed E-state index contributed by atoms with van der Waals surface area (Å²) in [7, 11) is 0. The smallest absolute Gasteiger partial charge is 0.252 e. The van der Waals surface area contributed by atoms with Crippen LogP contribution in [0.5, 0.6) is 0 Å². The van der Waals surface area contributed by atoms with E-state index in [1.807, 2.05) is 37.3 Å². The normalized spacial score (nSPS) is 12.0. The Kier molecular flexibility index (Phi) is 5.31. The highest BCUT2D eigenvalue weighted by Crippen LogP contribution is 2.15. The quantitative estimate of drug-likeness (QED) is 0.835. The first kappa shape index (κ1) is 15.5. The van der Waals surface area contributed by atoms with Crippen LogP contribution < -0.4 is 5.32 Å². The molecular weight excluding hydrogens is 288 g/mol. The van der Waals surface area contributed by atoms with Crippen molar-refractivity contribution in [1.82, 2.24) is 10.3 Å². The Bertz CT molecular complexity index is 617. The second-order valence-electron chi connectivity index (χ2n) is 4.64. The van der Waals surface area contributed by atoms with Gasteiger partial charge in [-0.05, 0) is 24.1 Å². The van der Waals surface area contributed by atoms with Crippen LogP contribution in [0.2, 0.25) is 5.15 Å². The van der Waals surface area contributed by atoms with Crippen molar-refractivity contribution in [2.45, 2.75) is 19.4 Å². The lowest BCUT2D eigenvalue weighted by Crippen LogP contribution is -2.30. The Balaban J connectivity index is 2.18. The highest BCUT2D eigenvalue weighted by Gasteiger charge is 2.15. The van der Waals surface area contributed by atoms with Gasteiger partial charge >= 0.3 is 0 Å². The number of carbonyl (C=O) groups is 1. The van der Waals surface area contributed by atoms with Gasteiger partial charge in [0.25, 0.3) is 5.91 Å². The Morgan fingerprint density at radius 3 is 2.67 bits per heavy atom. The lowest BCUT2D eigenvalue weighted by Gasteiger charge is -2.17. The van der Waals surface area contributed by atoms with Crippen molar-refractivity contribution < 1.29 is 9.90 Å². The van der Waals surface area contributed by atoms with E-state index in [4.69, 9.17) is 11.6 Å². The molecule has 0 spiro atoms. The Morgan fingerprint density at radius 2 is 2.05 bits per heavy atom. The third kappa shape index (κ3) is 4.03. The van der Waals surface area contributed by atoms with E-state index in [0.717, 1.165) is 11.3 Å². The maximum atomic E-state index is 12.3. The van der Waals surface area contributed by atoms with Crippen LogP contribution in [0.4, 0.5) is 0 Å². The maximum absolute atomic E-state index is 12.3. The van der Waals surface area contributed by atoms with Crippen molar-refractivity contribution in [3.05, 3.63) is 64.4 Å². The largest absolute Gasteiger partial charge is 0.394 e. The first-order valence-corrected chi connectivity index (χ1v) is 7.15. The fourth-order valence-corrected chi connectivity index (χ4v) is 2.25. The van der Waals surface area contributed by atoms with Gasteiger partial charge in [0.15, 0.2) is 0 Å². The van der Waals surface area contributed by atoms with Crippen LogP contribution in [0.25, 0.3) is 0 Å². The third-order valence-electron chi connectivity index (χ3n) is 3.16. The van der Waals surface area contributed by atoms with Crippen LogP contribution in [0.1, 0.15) is 34.6 Å². The number of halogens is 1. The van der Waals surface area contributed by atoms with Gasteiger partial charge in [-0.2, -0.15) is 0 Å². The van der Waals surface area contributed by atoms with E-state index >= 15 is 0 Å². The molecule has 0 aliphatic rings. The third-order valence-corrected chi connectivity index (χ3v) is 3.36. The molecule has 4 nitrogen and oxygen atoms in total. The van der Waals surface area contributed by atoms with Gasteiger partial charge in [-0.3, -0.25) is 4.79 Å². The van der Waals surface area contributed by atoms with Crippen molar-refractivity contribution in [2.24, 2.45) is 0 Å². The summed E-state index contributed by atoms with van der Waals surface area (Å²) in [5.74, 6) is -0.281. The zero-order valence-corrected chi connectivity index (χ0v) is 12.5. The van der Waals surface area contributed by atoms with E-state index in [1.165, 1.54) is 6.07 Å². The van der Waals surface area contributed by atoms with E-state index in [9.17, 15) is 9.90 Å². The molecular formula is C16H17ClN2O2. The summed E-state index contributed by atoms with van der Waals surface area (Å²) in [5, 5.41) is 12.6. The molecule has 1 aromatic carbocycles. The molecule has 2 aromatic rings. The molecule has 1 atom stereocenters. The Labute approximate surface area is 128 Å². The first-order chi connectivity index (χ1) is 10.1. The summed E-state index contributed by atoms with van der Waals surface area (Å²) in [6, 6.07) is 12.1. The van der Waals surface area contributed by atoms with E-state index in [1.54, 1.807) is 6.07 Å². The molecule has 21 heavy (non-hydrogen) atoms. The van der Waals surface area contributed by atoms with E-state index in [0.29, 0.717) is 17.1 Å². The fraction of sp³-hybridized carbons (Fsp3) is 0.250. The Hall–Kier alpha value is -1.91. The molecule has 2 N–H and O–H groups in total. The van der Waals surface area contributed by atoms with Gasteiger partial charge < -0.3 is 10.4 Å². The molecule has 0 bridgehead atoms. The zero-order valence-electron chi connectivity index (χ0n) is 11.7.